The van der Waals surface area contributed by atoms with Gasteiger partial charge in [-0.2, -0.15) is 13.2 Å². The predicted octanol–water partition coefficient (Wildman–Crippen LogP) is 4.48. The molecule has 0 amide bonds. The van der Waals surface area contributed by atoms with Crippen LogP contribution in [0.15, 0.2) is 16.3 Å². The van der Waals surface area contributed by atoms with Crippen LogP contribution in [-0.4, -0.2) is 5.51 Å². The van der Waals surface area contributed by atoms with Crippen LogP contribution >= 0.6 is 23.1 Å². The molecule has 0 unspecified atom stereocenters. The zero-order chi connectivity index (χ0) is 10.1. The summed E-state index contributed by atoms with van der Waals surface area (Å²) in [6, 6.07) is 1.60. The van der Waals surface area contributed by atoms with Crippen LogP contribution in [0.2, 0.25) is 0 Å². The summed E-state index contributed by atoms with van der Waals surface area (Å²) >= 11 is 1.33. The Balaban J connectivity index is 2.70. The third kappa shape index (κ3) is 3.60. The van der Waals surface area contributed by atoms with Crippen molar-refractivity contribution in [2.24, 2.45) is 0 Å². The zero-order valence-electron chi connectivity index (χ0n) is 7.18. The monoisotopic (exact) mass is 226 g/mol. The van der Waals surface area contributed by atoms with Crippen LogP contribution in [-0.2, 0) is 0 Å². The highest BCUT2D eigenvalue weighted by Crippen LogP contribution is 2.39. The first kappa shape index (κ1) is 10.9. The van der Waals surface area contributed by atoms with E-state index >= 15 is 0 Å². The van der Waals surface area contributed by atoms with Gasteiger partial charge in [-0.1, -0.05) is 13.8 Å². The second kappa shape index (κ2) is 3.92. The van der Waals surface area contributed by atoms with E-state index < -0.39 is 5.51 Å². The normalized spacial score (nSPS) is 12.5. The quantitative estimate of drug-likeness (QED) is 0.670. The Morgan fingerprint density at radius 1 is 1.38 bits per heavy atom. The maximum atomic E-state index is 11.9. The van der Waals surface area contributed by atoms with E-state index in [2.05, 4.69) is 0 Å². The average molecular weight is 226 g/mol. The molecule has 0 saturated heterocycles. The lowest BCUT2D eigenvalue weighted by Gasteiger charge is -2.02. The van der Waals surface area contributed by atoms with E-state index in [4.69, 9.17) is 0 Å². The summed E-state index contributed by atoms with van der Waals surface area (Å²) in [5, 5.41) is 1.55. The predicted molar refractivity (Wildman–Crippen MR) is 50.3 cm³/mol. The highest BCUT2D eigenvalue weighted by Gasteiger charge is 2.29. The van der Waals surface area contributed by atoms with Crippen LogP contribution in [0.25, 0.3) is 0 Å². The van der Waals surface area contributed by atoms with Crippen molar-refractivity contribution in [3.05, 3.63) is 16.3 Å². The second-order valence-corrected chi connectivity index (χ2v) is 4.97. The van der Waals surface area contributed by atoms with Gasteiger partial charge in [0.2, 0.25) is 0 Å². The number of alkyl halides is 3. The van der Waals surface area contributed by atoms with Crippen molar-refractivity contribution >= 4 is 23.1 Å². The first-order valence-corrected chi connectivity index (χ1v) is 5.42. The van der Waals surface area contributed by atoms with E-state index in [1.807, 2.05) is 13.8 Å². The van der Waals surface area contributed by atoms with Crippen molar-refractivity contribution in [2.75, 3.05) is 0 Å². The van der Waals surface area contributed by atoms with Gasteiger partial charge in [-0.25, -0.2) is 0 Å². The molecule has 0 N–H and O–H groups in total. The molecule has 0 radical (unpaired) electrons. The summed E-state index contributed by atoms with van der Waals surface area (Å²) in [5.74, 6) is 0.299. The van der Waals surface area contributed by atoms with Gasteiger partial charge in [0.1, 0.15) is 0 Å². The molecular formula is C8H9F3S2. The molecule has 0 atom stereocenters. The van der Waals surface area contributed by atoms with Gasteiger partial charge in [-0.15, -0.1) is 11.3 Å². The molecule has 0 fully saturated rings. The topological polar surface area (TPSA) is 0 Å². The molecule has 1 aromatic heterocycles. The highest BCUT2D eigenvalue weighted by atomic mass is 32.2. The first-order chi connectivity index (χ1) is 5.88. The van der Waals surface area contributed by atoms with Gasteiger partial charge in [0.15, 0.2) is 0 Å². The number of rotatable bonds is 2. The first-order valence-electron chi connectivity index (χ1n) is 3.72. The van der Waals surface area contributed by atoms with Gasteiger partial charge in [0, 0.05) is 15.2 Å². The molecule has 0 spiro atoms. The summed E-state index contributed by atoms with van der Waals surface area (Å²) in [5.41, 5.74) is -4.17. The van der Waals surface area contributed by atoms with Gasteiger partial charge in [0.05, 0.1) is 0 Å². The fourth-order valence-corrected chi connectivity index (χ4v) is 2.48. The molecule has 1 rings (SSSR count). The Kier molecular flexibility index (Phi) is 3.29. The molecule has 74 valence electrons. The maximum absolute atomic E-state index is 11.9. The molecule has 0 aliphatic rings. The number of thiophene rings is 1. The standard InChI is InChI=1S/C8H9F3S2/c1-5(2)7-3-6(4-12-7)13-8(9,10)11/h3-5H,1-2H3. The van der Waals surface area contributed by atoms with Gasteiger partial charge < -0.3 is 0 Å². The van der Waals surface area contributed by atoms with E-state index in [1.54, 1.807) is 11.4 Å². The summed E-state index contributed by atoms with van der Waals surface area (Å²) in [6.45, 7) is 3.93. The third-order valence-corrected chi connectivity index (χ3v) is 3.48. The minimum absolute atomic E-state index is 0.0506. The number of thioether (sulfide) groups is 1. The Morgan fingerprint density at radius 2 is 2.00 bits per heavy atom. The van der Waals surface area contributed by atoms with Crippen molar-refractivity contribution < 1.29 is 13.2 Å². The van der Waals surface area contributed by atoms with Crippen molar-refractivity contribution in [3.8, 4) is 0 Å². The van der Waals surface area contributed by atoms with Crippen molar-refractivity contribution in [2.45, 2.75) is 30.2 Å². The minimum atomic E-state index is -4.17. The zero-order valence-corrected chi connectivity index (χ0v) is 8.82. The van der Waals surface area contributed by atoms with Crippen molar-refractivity contribution in [3.63, 3.8) is 0 Å². The summed E-state index contributed by atoms with van der Waals surface area (Å²) in [6.07, 6.45) is 0. The van der Waals surface area contributed by atoms with Crippen LogP contribution in [0, 0.1) is 0 Å². The lowest BCUT2D eigenvalue weighted by Crippen LogP contribution is -1.97. The molecule has 1 aromatic rings. The van der Waals surface area contributed by atoms with E-state index in [9.17, 15) is 13.2 Å². The third-order valence-electron chi connectivity index (χ3n) is 1.40. The summed E-state index contributed by atoms with van der Waals surface area (Å²) < 4.78 is 35.8. The lowest BCUT2D eigenvalue weighted by molar-refractivity contribution is -0.0327. The van der Waals surface area contributed by atoms with E-state index in [1.165, 1.54) is 11.3 Å². The fraction of sp³-hybridized carbons (Fsp3) is 0.500. The van der Waals surface area contributed by atoms with Crippen LogP contribution in [0.1, 0.15) is 24.6 Å². The number of halogens is 3. The van der Waals surface area contributed by atoms with Crippen molar-refractivity contribution in [1.29, 1.82) is 0 Å². The molecule has 0 nitrogen and oxygen atoms in total. The van der Waals surface area contributed by atoms with Crippen LogP contribution < -0.4 is 0 Å². The van der Waals surface area contributed by atoms with E-state index in [0.717, 1.165) is 4.88 Å². The number of hydrogen-bond acceptors (Lipinski definition) is 2. The molecular weight excluding hydrogens is 217 g/mol. The molecule has 0 aliphatic heterocycles. The van der Waals surface area contributed by atoms with Gasteiger partial charge in [0.25, 0.3) is 0 Å². The highest BCUT2D eigenvalue weighted by molar-refractivity contribution is 8.00. The SMILES string of the molecule is CC(C)c1cc(SC(F)(F)F)cs1. The number of hydrogen-bond donors (Lipinski definition) is 0. The minimum Gasteiger partial charge on any atom is -0.160 e. The Labute approximate surface area is 83.2 Å². The molecule has 0 saturated carbocycles. The molecule has 0 aromatic carbocycles. The lowest BCUT2D eigenvalue weighted by atomic mass is 10.2. The summed E-state index contributed by atoms with van der Waals surface area (Å²) in [4.78, 5) is 1.29. The van der Waals surface area contributed by atoms with Crippen LogP contribution in [0.4, 0.5) is 13.2 Å². The summed E-state index contributed by atoms with van der Waals surface area (Å²) in [7, 11) is 0. The molecule has 0 aliphatic carbocycles. The fourth-order valence-electron chi connectivity index (χ4n) is 0.824. The van der Waals surface area contributed by atoms with Gasteiger partial charge in [-0.05, 0) is 23.7 Å². The van der Waals surface area contributed by atoms with Crippen molar-refractivity contribution in [1.82, 2.24) is 0 Å². The van der Waals surface area contributed by atoms with Crippen LogP contribution in [0.3, 0.4) is 0 Å². The maximum Gasteiger partial charge on any atom is 0.446 e. The Bertz CT molecular complexity index is 275. The molecule has 0 bridgehead atoms. The molecule has 13 heavy (non-hydrogen) atoms. The Morgan fingerprint density at radius 3 is 2.38 bits per heavy atom. The average Bonchev–Trinajstić information content (AvgIpc) is 2.31. The largest absolute Gasteiger partial charge is 0.446 e. The van der Waals surface area contributed by atoms with E-state index in [-0.39, 0.29) is 11.8 Å². The molecule has 1 heterocycles. The van der Waals surface area contributed by atoms with Crippen LogP contribution in [0.5, 0.6) is 0 Å². The van der Waals surface area contributed by atoms with Gasteiger partial charge >= 0.3 is 5.51 Å². The smallest absolute Gasteiger partial charge is 0.160 e. The van der Waals surface area contributed by atoms with Gasteiger partial charge in [-0.3, -0.25) is 0 Å². The van der Waals surface area contributed by atoms with E-state index in [0.29, 0.717) is 10.8 Å². The Hall–Kier alpha value is -0.160. The second-order valence-electron chi connectivity index (χ2n) is 2.89. The molecule has 5 heteroatoms.